The Morgan fingerprint density at radius 1 is 1.04 bits per heavy atom. The molecule has 0 aliphatic heterocycles. The monoisotopic (exact) mass is 306 g/mol. The molecule has 4 nitrogen and oxygen atoms in total. The van der Waals surface area contributed by atoms with E-state index < -0.39 is 0 Å². The van der Waals surface area contributed by atoms with Gasteiger partial charge in [0.25, 0.3) is 0 Å². The highest BCUT2D eigenvalue weighted by atomic mass is 16.2. The SMILES string of the molecule is Cc1ccccc1NC(=O)Cn1c(C)cc(=O)c2ccccc21. The van der Waals surface area contributed by atoms with Crippen molar-refractivity contribution in [3.8, 4) is 0 Å². The number of nitrogens with one attached hydrogen (secondary N) is 1. The second-order valence-electron chi connectivity index (χ2n) is 5.62. The summed E-state index contributed by atoms with van der Waals surface area (Å²) in [4.78, 5) is 24.5. The van der Waals surface area contributed by atoms with Crippen molar-refractivity contribution in [1.82, 2.24) is 4.57 Å². The molecule has 0 spiro atoms. The van der Waals surface area contributed by atoms with Crippen molar-refractivity contribution >= 4 is 22.5 Å². The van der Waals surface area contributed by atoms with Crippen molar-refractivity contribution < 1.29 is 4.79 Å². The zero-order valence-corrected chi connectivity index (χ0v) is 13.2. The Morgan fingerprint density at radius 2 is 1.74 bits per heavy atom. The summed E-state index contributed by atoms with van der Waals surface area (Å²) in [6.07, 6.45) is 0. The molecule has 23 heavy (non-hydrogen) atoms. The molecule has 0 aliphatic carbocycles. The van der Waals surface area contributed by atoms with E-state index in [9.17, 15) is 9.59 Å². The minimum Gasteiger partial charge on any atom is -0.335 e. The molecule has 0 radical (unpaired) electrons. The molecule has 3 aromatic rings. The van der Waals surface area contributed by atoms with Gasteiger partial charge in [0.15, 0.2) is 5.43 Å². The summed E-state index contributed by atoms with van der Waals surface area (Å²) in [5, 5.41) is 3.55. The number of fused-ring (bicyclic) bond motifs is 1. The van der Waals surface area contributed by atoms with E-state index in [1.807, 2.05) is 60.9 Å². The molecular weight excluding hydrogens is 288 g/mol. The number of anilines is 1. The van der Waals surface area contributed by atoms with Crippen LogP contribution in [0, 0.1) is 13.8 Å². The number of benzene rings is 2. The van der Waals surface area contributed by atoms with E-state index in [1.54, 1.807) is 12.1 Å². The molecule has 0 aliphatic rings. The summed E-state index contributed by atoms with van der Waals surface area (Å²) in [7, 11) is 0. The quantitative estimate of drug-likeness (QED) is 0.807. The van der Waals surface area contributed by atoms with Gasteiger partial charge in [0.1, 0.15) is 6.54 Å². The van der Waals surface area contributed by atoms with Crippen LogP contribution < -0.4 is 10.7 Å². The molecule has 1 amide bonds. The third-order valence-electron chi connectivity index (χ3n) is 3.95. The van der Waals surface area contributed by atoms with Crippen LogP contribution in [0.5, 0.6) is 0 Å². The van der Waals surface area contributed by atoms with E-state index in [-0.39, 0.29) is 17.9 Å². The number of aryl methyl sites for hydroxylation is 2. The molecule has 0 saturated carbocycles. The fraction of sp³-hybridized carbons (Fsp3) is 0.158. The normalized spacial score (nSPS) is 10.7. The third kappa shape index (κ3) is 3.01. The van der Waals surface area contributed by atoms with E-state index >= 15 is 0 Å². The molecular formula is C19H18N2O2. The number of rotatable bonds is 3. The number of carbonyl (C=O) groups is 1. The summed E-state index contributed by atoms with van der Waals surface area (Å²) >= 11 is 0. The summed E-state index contributed by atoms with van der Waals surface area (Å²) in [5.41, 5.74) is 3.35. The molecule has 1 heterocycles. The predicted octanol–water partition coefficient (Wildman–Crippen LogP) is 3.26. The number of pyridine rings is 1. The molecule has 0 unspecified atom stereocenters. The Kier molecular flexibility index (Phi) is 3.98. The molecule has 0 fully saturated rings. The number of amides is 1. The van der Waals surface area contributed by atoms with E-state index in [2.05, 4.69) is 5.32 Å². The Morgan fingerprint density at radius 3 is 2.52 bits per heavy atom. The maximum Gasteiger partial charge on any atom is 0.244 e. The van der Waals surface area contributed by atoms with Gasteiger partial charge in [-0.15, -0.1) is 0 Å². The largest absolute Gasteiger partial charge is 0.335 e. The van der Waals surface area contributed by atoms with Crippen LogP contribution in [0.2, 0.25) is 0 Å². The molecule has 4 heteroatoms. The highest BCUT2D eigenvalue weighted by molar-refractivity contribution is 5.92. The maximum atomic E-state index is 12.4. The topological polar surface area (TPSA) is 51.1 Å². The summed E-state index contributed by atoms with van der Waals surface area (Å²) in [6, 6.07) is 16.6. The first-order chi connectivity index (χ1) is 11.1. The Balaban J connectivity index is 1.94. The molecule has 0 saturated heterocycles. The van der Waals surface area contributed by atoms with E-state index in [4.69, 9.17) is 0 Å². The number of carbonyl (C=O) groups excluding carboxylic acids is 1. The highest BCUT2D eigenvalue weighted by Crippen LogP contribution is 2.15. The summed E-state index contributed by atoms with van der Waals surface area (Å²) in [5.74, 6) is -0.115. The van der Waals surface area contributed by atoms with Crippen molar-refractivity contribution in [2.24, 2.45) is 0 Å². The first-order valence-corrected chi connectivity index (χ1v) is 7.51. The Bertz CT molecular complexity index is 941. The molecule has 116 valence electrons. The minimum atomic E-state index is -0.115. The lowest BCUT2D eigenvalue weighted by molar-refractivity contribution is -0.116. The van der Waals surface area contributed by atoms with Gasteiger partial charge in [-0.2, -0.15) is 0 Å². The van der Waals surface area contributed by atoms with Gasteiger partial charge in [-0.3, -0.25) is 9.59 Å². The number of para-hydroxylation sites is 2. The molecule has 1 N–H and O–H groups in total. The van der Waals surface area contributed by atoms with Gasteiger partial charge in [-0.05, 0) is 37.6 Å². The average Bonchev–Trinajstić information content (AvgIpc) is 2.54. The van der Waals surface area contributed by atoms with Crippen LogP contribution in [0.3, 0.4) is 0 Å². The summed E-state index contributed by atoms with van der Waals surface area (Å²) in [6.45, 7) is 3.96. The standard InChI is InChI=1S/C19H18N2O2/c1-13-7-3-5-9-16(13)20-19(23)12-21-14(2)11-18(22)15-8-4-6-10-17(15)21/h3-11H,12H2,1-2H3,(H,20,23). The van der Waals surface area contributed by atoms with Gasteiger partial charge in [0, 0.05) is 22.8 Å². The number of aromatic nitrogens is 1. The van der Waals surface area contributed by atoms with Crippen LogP contribution in [0.25, 0.3) is 10.9 Å². The predicted molar refractivity (Wildman–Crippen MR) is 92.8 cm³/mol. The van der Waals surface area contributed by atoms with Crippen LogP contribution in [-0.4, -0.2) is 10.5 Å². The first kappa shape index (κ1) is 15.0. The number of nitrogens with zero attached hydrogens (tertiary/aromatic N) is 1. The lowest BCUT2D eigenvalue weighted by Gasteiger charge is -2.15. The smallest absolute Gasteiger partial charge is 0.244 e. The van der Waals surface area contributed by atoms with Crippen LogP contribution in [-0.2, 0) is 11.3 Å². The van der Waals surface area contributed by atoms with Gasteiger partial charge >= 0.3 is 0 Å². The van der Waals surface area contributed by atoms with E-state index in [0.717, 1.165) is 22.5 Å². The van der Waals surface area contributed by atoms with Crippen molar-refractivity contribution in [2.75, 3.05) is 5.32 Å². The lowest BCUT2D eigenvalue weighted by Crippen LogP contribution is -2.22. The van der Waals surface area contributed by atoms with E-state index in [1.165, 1.54) is 0 Å². The van der Waals surface area contributed by atoms with Crippen LogP contribution in [0.15, 0.2) is 59.4 Å². The van der Waals surface area contributed by atoms with Gasteiger partial charge in [-0.1, -0.05) is 30.3 Å². The van der Waals surface area contributed by atoms with Gasteiger partial charge in [0.05, 0.1) is 5.52 Å². The van der Waals surface area contributed by atoms with Crippen LogP contribution >= 0.6 is 0 Å². The highest BCUT2D eigenvalue weighted by Gasteiger charge is 2.10. The van der Waals surface area contributed by atoms with Crippen LogP contribution in [0.1, 0.15) is 11.3 Å². The molecule has 0 bridgehead atoms. The van der Waals surface area contributed by atoms with E-state index in [0.29, 0.717) is 5.39 Å². The minimum absolute atomic E-state index is 0.0198. The van der Waals surface area contributed by atoms with Crippen molar-refractivity contribution in [2.45, 2.75) is 20.4 Å². The van der Waals surface area contributed by atoms with Gasteiger partial charge < -0.3 is 9.88 Å². The molecule has 1 aromatic heterocycles. The molecule has 2 aromatic carbocycles. The van der Waals surface area contributed by atoms with Gasteiger partial charge in [0.2, 0.25) is 5.91 Å². The number of hydrogen-bond acceptors (Lipinski definition) is 2. The Labute approximate surface area is 134 Å². The maximum absolute atomic E-state index is 12.4. The molecule has 3 rings (SSSR count). The zero-order valence-electron chi connectivity index (χ0n) is 13.2. The second-order valence-corrected chi connectivity index (χ2v) is 5.62. The number of hydrogen-bond donors (Lipinski definition) is 1. The van der Waals surface area contributed by atoms with Crippen molar-refractivity contribution in [1.29, 1.82) is 0 Å². The van der Waals surface area contributed by atoms with Crippen LogP contribution in [0.4, 0.5) is 5.69 Å². The molecule has 0 atom stereocenters. The fourth-order valence-corrected chi connectivity index (χ4v) is 2.71. The van der Waals surface area contributed by atoms with Gasteiger partial charge in [-0.25, -0.2) is 0 Å². The Hall–Kier alpha value is -2.88. The van der Waals surface area contributed by atoms with Crippen molar-refractivity contribution in [3.63, 3.8) is 0 Å². The fourth-order valence-electron chi connectivity index (χ4n) is 2.71. The lowest BCUT2D eigenvalue weighted by atomic mass is 10.1. The third-order valence-corrected chi connectivity index (χ3v) is 3.95. The first-order valence-electron chi connectivity index (χ1n) is 7.51. The summed E-state index contributed by atoms with van der Waals surface area (Å²) < 4.78 is 1.87. The second kappa shape index (κ2) is 6.08. The average molecular weight is 306 g/mol. The van der Waals surface area contributed by atoms with Crippen molar-refractivity contribution in [3.05, 3.63) is 76.1 Å². The zero-order chi connectivity index (χ0) is 16.4.